The van der Waals surface area contributed by atoms with E-state index in [4.69, 9.17) is 4.99 Å². The van der Waals surface area contributed by atoms with Crippen molar-refractivity contribution in [2.45, 2.75) is 39.7 Å². The van der Waals surface area contributed by atoms with Gasteiger partial charge in [-0.15, -0.1) is 0 Å². The van der Waals surface area contributed by atoms with Gasteiger partial charge in [0.1, 0.15) is 0 Å². The molecular weight excluding hydrogens is 717 g/mol. The summed E-state index contributed by atoms with van der Waals surface area (Å²) in [5, 5.41) is 11.5. The van der Waals surface area contributed by atoms with Gasteiger partial charge >= 0.3 is 0 Å². The first kappa shape index (κ1) is 37.4. The summed E-state index contributed by atoms with van der Waals surface area (Å²) in [6, 6.07) is 48.2. The molecule has 0 spiro atoms. The molecule has 1 atom stereocenters. The first-order chi connectivity index (χ1) is 29.1. The fourth-order valence-electron chi connectivity index (χ4n) is 8.65. The van der Waals surface area contributed by atoms with Crippen molar-refractivity contribution in [3.8, 4) is 27.9 Å². The average molecular weight is 765 g/mol. The number of aliphatic imine (C=N–C) groups is 1. The highest BCUT2D eigenvalue weighted by Crippen LogP contribution is 2.45. The van der Waals surface area contributed by atoms with Crippen molar-refractivity contribution >= 4 is 44.3 Å². The predicted molar refractivity (Wildman–Crippen MR) is 253 cm³/mol. The van der Waals surface area contributed by atoms with Crippen LogP contribution in [0.1, 0.15) is 43.2 Å². The summed E-state index contributed by atoms with van der Waals surface area (Å²) in [5.41, 5.74) is 15.9. The Labute approximate surface area is 347 Å². The van der Waals surface area contributed by atoms with Crippen LogP contribution in [0.5, 0.6) is 0 Å². The second kappa shape index (κ2) is 16.4. The number of anilines is 1. The minimum absolute atomic E-state index is 0.0145. The van der Waals surface area contributed by atoms with E-state index in [1.807, 2.05) is 39.0 Å². The van der Waals surface area contributed by atoms with Gasteiger partial charge in [-0.1, -0.05) is 172 Å². The van der Waals surface area contributed by atoms with Gasteiger partial charge < -0.3 is 15.2 Å². The standard InChI is InChI=1S/C53H42N4.C2H6/c1-3-4-6-15-35(2)44-34-41(57-48-32-28-38-18-9-11-20-42(38)50(48)51-43-21-12-10-19-39(43)29-33-49(51)57)30-31-45(44)55-53-52(54-46-22-13-14-23-47(46)56-53)40-26-24-37(25-27-40)36-16-7-5-8-17-36;1-2/h3-28,30-32,34,46,54-55H,2,29,33H2,1H3;1-2H3/b4-3-,15-6-;. The lowest BCUT2D eigenvalue weighted by Crippen LogP contribution is -2.38. The third kappa shape index (κ3) is 6.97. The molecule has 0 saturated carbocycles. The Morgan fingerprint density at radius 2 is 1.54 bits per heavy atom. The van der Waals surface area contributed by atoms with E-state index in [0.29, 0.717) is 0 Å². The minimum Gasteiger partial charge on any atom is -0.370 e. The van der Waals surface area contributed by atoms with Crippen molar-refractivity contribution in [2.24, 2.45) is 4.99 Å². The third-order valence-electron chi connectivity index (χ3n) is 11.4. The Morgan fingerprint density at radius 3 is 2.39 bits per heavy atom. The van der Waals surface area contributed by atoms with Crippen LogP contribution in [0.2, 0.25) is 0 Å². The van der Waals surface area contributed by atoms with Crippen molar-refractivity contribution in [3.05, 3.63) is 217 Å². The number of nitrogens with zero attached hydrogens (tertiary/aromatic N) is 2. The van der Waals surface area contributed by atoms with E-state index in [9.17, 15) is 0 Å². The van der Waals surface area contributed by atoms with Crippen LogP contribution in [0.25, 0.3) is 60.9 Å². The number of hydrogen-bond donors (Lipinski definition) is 2. The van der Waals surface area contributed by atoms with Crippen molar-refractivity contribution in [3.63, 3.8) is 0 Å². The molecule has 2 heterocycles. The fraction of sp³-hybridized carbons (Fsp3) is 0.109. The summed E-state index contributed by atoms with van der Waals surface area (Å²) in [4.78, 5) is 5.26. The van der Waals surface area contributed by atoms with Crippen LogP contribution in [0.3, 0.4) is 0 Å². The zero-order chi connectivity index (χ0) is 40.3. The second-order valence-corrected chi connectivity index (χ2v) is 14.8. The molecule has 3 aliphatic rings. The molecule has 0 fully saturated rings. The Balaban J connectivity index is 0.00000221. The van der Waals surface area contributed by atoms with Gasteiger partial charge in [0.2, 0.25) is 0 Å². The molecule has 0 radical (unpaired) electrons. The number of allylic oxidation sites excluding steroid dienone is 7. The quantitative estimate of drug-likeness (QED) is 0.151. The Morgan fingerprint density at radius 1 is 0.780 bits per heavy atom. The number of nitrogens with one attached hydrogen (secondary N) is 2. The van der Waals surface area contributed by atoms with Crippen LogP contribution in [-0.4, -0.2) is 16.3 Å². The van der Waals surface area contributed by atoms with E-state index in [-0.39, 0.29) is 6.04 Å². The maximum atomic E-state index is 5.26. The van der Waals surface area contributed by atoms with Crippen molar-refractivity contribution < 1.29 is 0 Å². The second-order valence-electron chi connectivity index (χ2n) is 14.8. The van der Waals surface area contributed by atoms with Crippen LogP contribution < -0.4 is 10.6 Å². The van der Waals surface area contributed by atoms with E-state index in [0.717, 1.165) is 58.1 Å². The molecule has 1 unspecified atom stereocenters. The average Bonchev–Trinajstić information content (AvgIpc) is 3.65. The third-order valence-corrected chi connectivity index (χ3v) is 11.4. The fourth-order valence-corrected chi connectivity index (χ4v) is 8.65. The lowest BCUT2D eigenvalue weighted by atomic mass is 9.87. The van der Waals surface area contributed by atoms with E-state index in [1.54, 1.807) is 0 Å². The van der Waals surface area contributed by atoms with E-state index < -0.39 is 0 Å². The number of rotatable bonds is 8. The van der Waals surface area contributed by atoms with Gasteiger partial charge in [0, 0.05) is 39.1 Å². The van der Waals surface area contributed by atoms with Crippen molar-refractivity contribution in [2.75, 3.05) is 5.32 Å². The molecule has 10 rings (SSSR count). The summed E-state index contributed by atoms with van der Waals surface area (Å²) in [6.45, 7) is 10.6. The zero-order valence-corrected chi connectivity index (χ0v) is 33.9. The van der Waals surface area contributed by atoms with Crippen LogP contribution in [0.4, 0.5) is 5.69 Å². The highest BCUT2D eigenvalue weighted by atomic mass is 15.1. The van der Waals surface area contributed by atoms with Crippen LogP contribution in [-0.2, 0) is 12.8 Å². The SMILES string of the molecule is C=C(/C=C\C=C/C)c1cc(-n2c3c(c4c5ccccc5ccc42)-c2ccccc2CC3)ccc1NC1=C(c2ccc(-c3ccccc3)cc2)NC2C=CC=CC2=N1.CC. The molecule has 0 amide bonds. The minimum atomic E-state index is -0.0145. The van der Waals surface area contributed by atoms with Crippen LogP contribution in [0.15, 0.2) is 199 Å². The largest absolute Gasteiger partial charge is 0.370 e. The van der Waals surface area contributed by atoms with E-state index >= 15 is 0 Å². The number of aryl methyl sites for hydroxylation is 1. The van der Waals surface area contributed by atoms with Gasteiger partial charge in [0.15, 0.2) is 5.82 Å². The van der Waals surface area contributed by atoms with Gasteiger partial charge in [0.05, 0.1) is 23.0 Å². The summed E-state index contributed by atoms with van der Waals surface area (Å²) in [7, 11) is 0. The smallest absolute Gasteiger partial charge is 0.154 e. The number of hydrogen-bond acceptors (Lipinski definition) is 3. The first-order valence-corrected chi connectivity index (χ1v) is 20.8. The van der Waals surface area contributed by atoms with Gasteiger partial charge in [-0.05, 0) is 88.7 Å². The van der Waals surface area contributed by atoms with E-state index in [1.165, 1.54) is 55.2 Å². The Bertz CT molecular complexity index is 2910. The summed E-state index contributed by atoms with van der Waals surface area (Å²) >= 11 is 0. The molecule has 59 heavy (non-hydrogen) atoms. The zero-order valence-electron chi connectivity index (χ0n) is 33.9. The predicted octanol–water partition coefficient (Wildman–Crippen LogP) is 13.7. The molecule has 0 saturated heterocycles. The molecular formula is C55H48N4. The lowest BCUT2D eigenvalue weighted by Gasteiger charge is -2.28. The molecule has 2 aliphatic carbocycles. The lowest BCUT2D eigenvalue weighted by molar-refractivity contribution is 0.863. The van der Waals surface area contributed by atoms with Crippen molar-refractivity contribution in [1.29, 1.82) is 0 Å². The maximum Gasteiger partial charge on any atom is 0.154 e. The normalized spacial score (nSPS) is 15.4. The van der Waals surface area contributed by atoms with Gasteiger partial charge in [-0.3, -0.25) is 0 Å². The van der Waals surface area contributed by atoms with Crippen molar-refractivity contribution in [1.82, 2.24) is 9.88 Å². The number of fused-ring (bicyclic) bond motifs is 8. The number of benzene rings is 6. The molecule has 6 aromatic carbocycles. The Kier molecular flexibility index (Phi) is 10.4. The van der Waals surface area contributed by atoms with E-state index in [2.05, 4.69) is 186 Å². The molecule has 0 bridgehead atoms. The monoisotopic (exact) mass is 764 g/mol. The molecule has 2 N–H and O–H groups in total. The van der Waals surface area contributed by atoms with Gasteiger partial charge in [-0.25, -0.2) is 4.99 Å². The highest BCUT2D eigenvalue weighted by molar-refractivity contribution is 6.16. The maximum absolute atomic E-state index is 5.26. The van der Waals surface area contributed by atoms with Gasteiger partial charge in [0.25, 0.3) is 0 Å². The van der Waals surface area contributed by atoms with Crippen LogP contribution >= 0.6 is 0 Å². The summed E-state index contributed by atoms with van der Waals surface area (Å²) in [6.07, 6.45) is 18.5. The molecule has 288 valence electrons. The number of aromatic nitrogens is 1. The molecule has 4 nitrogen and oxygen atoms in total. The molecule has 7 aromatic rings. The Hall–Kier alpha value is -7.17. The first-order valence-electron chi connectivity index (χ1n) is 20.8. The molecule has 4 heteroatoms. The summed E-state index contributed by atoms with van der Waals surface area (Å²) < 4.78 is 2.49. The van der Waals surface area contributed by atoms with Gasteiger partial charge in [-0.2, -0.15) is 0 Å². The summed E-state index contributed by atoms with van der Waals surface area (Å²) in [5.74, 6) is 0.764. The molecule has 1 aliphatic heterocycles. The highest BCUT2D eigenvalue weighted by Gasteiger charge is 2.28. The van der Waals surface area contributed by atoms with Crippen LogP contribution in [0, 0.1) is 0 Å². The topological polar surface area (TPSA) is 41.4 Å². The molecule has 1 aromatic heterocycles.